The summed E-state index contributed by atoms with van der Waals surface area (Å²) in [5.41, 5.74) is 0. The minimum Gasteiger partial charge on any atom is -0.463 e. The van der Waals surface area contributed by atoms with Crippen molar-refractivity contribution in [2.24, 2.45) is 0 Å². The second-order valence-corrected chi connectivity index (χ2v) is 4.32. The highest BCUT2D eigenvalue weighted by Gasteiger charge is 2.18. The fourth-order valence-electron chi connectivity index (χ4n) is 1.36. The van der Waals surface area contributed by atoms with Gasteiger partial charge in [0.1, 0.15) is 6.10 Å². The number of ether oxygens (including phenoxy) is 2. The van der Waals surface area contributed by atoms with E-state index in [1.807, 2.05) is 6.92 Å². The SMILES string of the molecule is CC1CC(CO)OCCCC(=O)O1.CCCC. The van der Waals surface area contributed by atoms with Crippen LogP contribution < -0.4 is 0 Å². The minimum absolute atomic E-state index is 0.0120. The third-order valence-electron chi connectivity index (χ3n) is 2.51. The van der Waals surface area contributed by atoms with Crippen LogP contribution in [0, 0.1) is 0 Å². The Morgan fingerprint density at radius 1 is 1.35 bits per heavy atom. The van der Waals surface area contributed by atoms with E-state index >= 15 is 0 Å². The van der Waals surface area contributed by atoms with Gasteiger partial charge in [0.2, 0.25) is 0 Å². The van der Waals surface area contributed by atoms with Crippen molar-refractivity contribution in [2.45, 2.75) is 65.1 Å². The third kappa shape index (κ3) is 9.12. The summed E-state index contributed by atoms with van der Waals surface area (Å²) in [6.45, 7) is 6.68. The molecule has 0 amide bonds. The van der Waals surface area contributed by atoms with Gasteiger partial charge in [-0.05, 0) is 13.3 Å². The summed E-state index contributed by atoms with van der Waals surface area (Å²) in [5.74, 6) is -0.172. The fraction of sp³-hybridized carbons (Fsp3) is 0.923. The molecule has 1 saturated heterocycles. The highest BCUT2D eigenvalue weighted by Crippen LogP contribution is 2.11. The summed E-state index contributed by atoms with van der Waals surface area (Å²) >= 11 is 0. The number of aliphatic hydroxyl groups is 1. The third-order valence-corrected chi connectivity index (χ3v) is 2.51. The van der Waals surface area contributed by atoms with Crippen LogP contribution in [0.2, 0.25) is 0 Å². The zero-order valence-electron chi connectivity index (χ0n) is 11.3. The summed E-state index contributed by atoms with van der Waals surface area (Å²) in [7, 11) is 0. The fourth-order valence-corrected chi connectivity index (χ4v) is 1.36. The van der Waals surface area contributed by atoms with Crippen molar-refractivity contribution >= 4 is 5.97 Å². The molecule has 1 aliphatic rings. The summed E-state index contributed by atoms with van der Waals surface area (Å²) in [6, 6.07) is 0. The molecule has 0 aromatic heterocycles. The minimum atomic E-state index is -0.194. The number of hydrogen-bond acceptors (Lipinski definition) is 4. The van der Waals surface area contributed by atoms with Gasteiger partial charge in [-0.15, -0.1) is 0 Å². The number of cyclic esters (lactones) is 1. The van der Waals surface area contributed by atoms with Gasteiger partial charge in [0, 0.05) is 19.4 Å². The van der Waals surface area contributed by atoms with Crippen LogP contribution in [0.15, 0.2) is 0 Å². The maximum absolute atomic E-state index is 11.1. The molecular weight excluding hydrogens is 220 g/mol. The van der Waals surface area contributed by atoms with E-state index in [0.29, 0.717) is 25.9 Å². The number of esters is 1. The number of carbonyl (C=O) groups excluding carboxylic acids is 1. The van der Waals surface area contributed by atoms with Crippen molar-refractivity contribution in [3.63, 3.8) is 0 Å². The van der Waals surface area contributed by atoms with Crippen molar-refractivity contribution in [2.75, 3.05) is 13.2 Å². The maximum atomic E-state index is 11.1. The summed E-state index contributed by atoms with van der Waals surface area (Å²) < 4.78 is 10.4. The first-order valence-corrected chi connectivity index (χ1v) is 6.55. The van der Waals surface area contributed by atoms with Crippen LogP contribution in [0.5, 0.6) is 0 Å². The lowest BCUT2D eigenvalue weighted by Gasteiger charge is -2.17. The molecule has 102 valence electrons. The first kappa shape index (κ1) is 16.4. The zero-order chi connectivity index (χ0) is 13.1. The second kappa shape index (κ2) is 10.5. The Morgan fingerprint density at radius 3 is 2.53 bits per heavy atom. The molecule has 0 aliphatic carbocycles. The second-order valence-electron chi connectivity index (χ2n) is 4.32. The molecule has 4 nitrogen and oxygen atoms in total. The Morgan fingerprint density at radius 2 is 2.00 bits per heavy atom. The van der Waals surface area contributed by atoms with Gasteiger partial charge in [-0.3, -0.25) is 4.79 Å². The van der Waals surface area contributed by atoms with Gasteiger partial charge in [0.25, 0.3) is 0 Å². The predicted molar refractivity (Wildman–Crippen MR) is 66.8 cm³/mol. The van der Waals surface area contributed by atoms with E-state index in [1.54, 1.807) is 0 Å². The average molecular weight is 246 g/mol. The first-order valence-electron chi connectivity index (χ1n) is 6.55. The number of unbranched alkanes of at least 4 members (excludes halogenated alkanes) is 1. The lowest BCUT2D eigenvalue weighted by atomic mass is 10.2. The Hall–Kier alpha value is -0.610. The van der Waals surface area contributed by atoms with Crippen LogP contribution in [0.25, 0.3) is 0 Å². The van der Waals surface area contributed by atoms with E-state index in [2.05, 4.69) is 13.8 Å². The van der Waals surface area contributed by atoms with E-state index in [1.165, 1.54) is 12.8 Å². The van der Waals surface area contributed by atoms with Gasteiger partial charge in [0.15, 0.2) is 0 Å². The van der Waals surface area contributed by atoms with Crippen molar-refractivity contribution < 1.29 is 19.4 Å². The number of rotatable bonds is 2. The van der Waals surface area contributed by atoms with Crippen molar-refractivity contribution in [3.05, 3.63) is 0 Å². The van der Waals surface area contributed by atoms with Gasteiger partial charge in [-0.2, -0.15) is 0 Å². The lowest BCUT2D eigenvalue weighted by molar-refractivity contribution is -0.148. The molecule has 2 unspecified atom stereocenters. The Bertz CT molecular complexity index is 192. The number of aliphatic hydroxyl groups excluding tert-OH is 1. The standard InChI is InChI=1S/C9H16O4.C4H10/c1-7-5-8(6-10)12-4-2-3-9(11)13-7;1-3-4-2/h7-8,10H,2-6H2,1H3;3-4H2,1-2H3. The van der Waals surface area contributed by atoms with E-state index < -0.39 is 0 Å². The molecule has 4 heteroatoms. The molecule has 1 N–H and O–H groups in total. The predicted octanol–water partition coefficient (Wildman–Crippen LogP) is 2.29. The van der Waals surface area contributed by atoms with Gasteiger partial charge in [-0.1, -0.05) is 26.7 Å². The quantitative estimate of drug-likeness (QED) is 0.759. The van der Waals surface area contributed by atoms with Crippen LogP contribution in [-0.4, -0.2) is 36.5 Å². The number of hydrogen-bond donors (Lipinski definition) is 1. The molecule has 0 radical (unpaired) electrons. The van der Waals surface area contributed by atoms with Crippen molar-refractivity contribution in [1.29, 1.82) is 0 Å². The number of carbonyl (C=O) groups is 1. The lowest BCUT2D eigenvalue weighted by Crippen LogP contribution is -2.24. The smallest absolute Gasteiger partial charge is 0.306 e. The van der Waals surface area contributed by atoms with Gasteiger partial charge >= 0.3 is 5.97 Å². The van der Waals surface area contributed by atoms with Crippen LogP contribution >= 0.6 is 0 Å². The Balaban J connectivity index is 0.000000557. The van der Waals surface area contributed by atoms with E-state index in [4.69, 9.17) is 14.6 Å². The summed E-state index contributed by atoms with van der Waals surface area (Å²) in [6.07, 6.45) is 3.93. The van der Waals surface area contributed by atoms with E-state index in [0.717, 1.165) is 0 Å². The molecular formula is C13H26O4. The Labute approximate surface area is 104 Å². The van der Waals surface area contributed by atoms with Crippen LogP contribution in [0.4, 0.5) is 0 Å². The molecule has 2 atom stereocenters. The highest BCUT2D eigenvalue weighted by molar-refractivity contribution is 5.69. The normalized spacial score (nSPS) is 25.8. The zero-order valence-corrected chi connectivity index (χ0v) is 11.3. The average Bonchev–Trinajstić information content (AvgIpc) is 2.39. The van der Waals surface area contributed by atoms with Crippen molar-refractivity contribution in [3.8, 4) is 0 Å². The van der Waals surface area contributed by atoms with E-state index in [-0.39, 0.29) is 24.8 Å². The van der Waals surface area contributed by atoms with Crippen LogP contribution in [0.3, 0.4) is 0 Å². The van der Waals surface area contributed by atoms with Gasteiger partial charge < -0.3 is 14.6 Å². The summed E-state index contributed by atoms with van der Waals surface area (Å²) in [5, 5.41) is 8.92. The molecule has 1 aliphatic heterocycles. The van der Waals surface area contributed by atoms with Gasteiger partial charge in [-0.25, -0.2) is 0 Å². The topological polar surface area (TPSA) is 55.8 Å². The molecule has 17 heavy (non-hydrogen) atoms. The summed E-state index contributed by atoms with van der Waals surface area (Å²) in [4.78, 5) is 11.1. The highest BCUT2D eigenvalue weighted by atomic mass is 16.5. The Kier molecular flexibility index (Phi) is 10.2. The first-order chi connectivity index (χ1) is 8.13. The monoisotopic (exact) mass is 246 g/mol. The largest absolute Gasteiger partial charge is 0.463 e. The van der Waals surface area contributed by atoms with Gasteiger partial charge in [0.05, 0.1) is 12.7 Å². The molecule has 1 rings (SSSR count). The molecule has 1 heterocycles. The molecule has 1 fully saturated rings. The molecule has 0 spiro atoms. The molecule has 0 aromatic rings. The van der Waals surface area contributed by atoms with E-state index in [9.17, 15) is 4.79 Å². The van der Waals surface area contributed by atoms with Crippen molar-refractivity contribution in [1.82, 2.24) is 0 Å². The molecule has 0 saturated carbocycles. The molecule has 0 bridgehead atoms. The van der Waals surface area contributed by atoms with Crippen LogP contribution in [0.1, 0.15) is 52.9 Å². The molecule has 0 aromatic carbocycles. The maximum Gasteiger partial charge on any atom is 0.306 e. The van der Waals surface area contributed by atoms with Crippen LogP contribution in [-0.2, 0) is 14.3 Å².